The van der Waals surface area contributed by atoms with Crippen molar-refractivity contribution in [3.05, 3.63) is 5.76 Å². The highest BCUT2D eigenvalue weighted by atomic mass is 32.2. The first-order valence-electron chi connectivity index (χ1n) is 3.59. The van der Waals surface area contributed by atoms with Gasteiger partial charge in [-0.1, -0.05) is 5.16 Å². The number of nitrogen functional groups attached to an aromatic ring is 1. The number of sulfonamides is 1. The van der Waals surface area contributed by atoms with E-state index in [1.54, 1.807) is 4.72 Å². The predicted molar refractivity (Wildman–Crippen MR) is 46.7 cm³/mol. The second-order valence-corrected chi connectivity index (χ2v) is 4.23. The van der Waals surface area contributed by atoms with E-state index < -0.39 is 15.9 Å². The predicted octanol–water partition coefficient (Wildman–Crippen LogP) is -0.610. The smallest absolute Gasteiger partial charge is 0.271 e. The molecule has 1 amide bonds. The zero-order valence-corrected chi connectivity index (χ0v) is 8.38. The summed E-state index contributed by atoms with van der Waals surface area (Å²) in [5, 5.41) is 3.26. The molecule has 0 fully saturated rings. The molecule has 0 saturated heterocycles. The van der Waals surface area contributed by atoms with Crippen LogP contribution < -0.4 is 10.5 Å². The van der Waals surface area contributed by atoms with Gasteiger partial charge in [0.05, 0.1) is 0 Å². The van der Waals surface area contributed by atoms with Crippen molar-refractivity contribution in [3.63, 3.8) is 0 Å². The second-order valence-electron chi connectivity index (χ2n) is 2.61. The highest BCUT2D eigenvalue weighted by Crippen LogP contribution is 2.20. The van der Waals surface area contributed by atoms with Gasteiger partial charge >= 0.3 is 0 Å². The van der Waals surface area contributed by atoms with E-state index in [0.717, 1.165) is 6.92 Å². The van der Waals surface area contributed by atoms with E-state index in [4.69, 9.17) is 5.73 Å². The summed E-state index contributed by atoms with van der Waals surface area (Å²) in [7, 11) is -3.96. The summed E-state index contributed by atoms with van der Waals surface area (Å²) in [5.74, 6) is -0.933. The third-order valence-corrected chi connectivity index (χ3v) is 2.97. The third kappa shape index (κ3) is 1.84. The average molecular weight is 219 g/mol. The maximum atomic E-state index is 11.4. The summed E-state index contributed by atoms with van der Waals surface area (Å²) in [6, 6.07) is 0. The van der Waals surface area contributed by atoms with Gasteiger partial charge in [-0.25, -0.2) is 13.1 Å². The lowest BCUT2D eigenvalue weighted by atomic mass is 10.5. The molecule has 0 radical (unpaired) electrons. The summed E-state index contributed by atoms with van der Waals surface area (Å²) in [6.45, 7) is 2.47. The van der Waals surface area contributed by atoms with Gasteiger partial charge in [0.25, 0.3) is 10.0 Å². The van der Waals surface area contributed by atoms with E-state index in [1.165, 1.54) is 6.92 Å². The standard InChI is InChI=1S/C6H9N3O4S/c1-3-5(6(7)8-13-3)14(11,12)9-4(2)10/h1-2H3,(H2,7,8)(H,9,10). The maximum Gasteiger partial charge on any atom is 0.271 e. The number of carbonyl (C=O) groups excluding carboxylic acids is 1. The number of aryl methyl sites for hydroxylation is 1. The minimum Gasteiger partial charge on any atom is -0.380 e. The van der Waals surface area contributed by atoms with Gasteiger partial charge in [0, 0.05) is 6.92 Å². The summed E-state index contributed by atoms with van der Waals surface area (Å²) < 4.78 is 29.2. The Morgan fingerprint density at radius 3 is 2.50 bits per heavy atom. The van der Waals surface area contributed by atoms with Gasteiger partial charge in [-0.3, -0.25) is 4.79 Å². The zero-order chi connectivity index (χ0) is 10.9. The highest BCUT2D eigenvalue weighted by molar-refractivity contribution is 7.90. The summed E-state index contributed by atoms with van der Waals surface area (Å²) in [5.41, 5.74) is 5.27. The summed E-state index contributed by atoms with van der Waals surface area (Å²) in [6.07, 6.45) is 0. The van der Waals surface area contributed by atoms with Crippen molar-refractivity contribution in [1.82, 2.24) is 9.88 Å². The van der Waals surface area contributed by atoms with Crippen LogP contribution in [0.3, 0.4) is 0 Å². The molecule has 14 heavy (non-hydrogen) atoms. The Balaban J connectivity index is 3.23. The van der Waals surface area contributed by atoms with Gasteiger partial charge < -0.3 is 10.3 Å². The lowest BCUT2D eigenvalue weighted by Gasteiger charge is -2.02. The molecule has 0 aromatic carbocycles. The van der Waals surface area contributed by atoms with E-state index >= 15 is 0 Å². The molecular weight excluding hydrogens is 210 g/mol. The molecule has 0 unspecified atom stereocenters. The molecule has 0 aliphatic carbocycles. The molecule has 78 valence electrons. The number of hydrogen-bond acceptors (Lipinski definition) is 6. The van der Waals surface area contributed by atoms with E-state index in [0.29, 0.717) is 0 Å². The number of hydrogen-bond donors (Lipinski definition) is 2. The number of anilines is 1. The summed E-state index contributed by atoms with van der Waals surface area (Å²) in [4.78, 5) is 10.3. The van der Waals surface area contributed by atoms with Crippen molar-refractivity contribution in [1.29, 1.82) is 0 Å². The Morgan fingerprint density at radius 2 is 2.14 bits per heavy atom. The van der Waals surface area contributed by atoms with Gasteiger partial charge in [-0.15, -0.1) is 0 Å². The average Bonchev–Trinajstić information content (AvgIpc) is 2.27. The molecule has 7 nitrogen and oxygen atoms in total. The van der Waals surface area contributed by atoms with E-state index in [9.17, 15) is 13.2 Å². The fourth-order valence-corrected chi connectivity index (χ4v) is 2.16. The first-order valence-corrected chi connectivity index (χ1v) is 5.08. The molecule has 1 heterocycles. The van der Waals surface area contributed by atoms with Crippen molar-refractivity contribution >= 4 is 21.7 Å². The van der Waals surface area contributed by atoms with Crippen molar-refractivity contribution in [2.75, 3.05) is 5.73 Å². The van der Waals surface area contributed by atoms with Crippen LogP contribution in [0.5, 0.6) is 0 Å². The number of rotatable bonds is 2. The molecule has 0 atom stereocenters. The lowest BCUT2D eigenvalue weighted by molar-refractivity contribution is -0.117. The van der Waals surface area contributed by atoms with Crippen LogP contribution >= 0.6 is 0 Å². The topological polar surface area (TPSA) is 115 Å². The normalized spacial score (nSPS) is 11.3. The van der Waals surface area contributed by atoms with Crippen LogP contribution in [0.2, 0.25) is 0 Å². The van der Waals surface area contributed by atoms with E-state index in [-0.39, 0.29) is 16.5 Å². The molecule has 1 aromatic rings. The minimum absolute atomic E-state index is 0.0382. The maximum absolute atomic E-state index is 11.4. The fraction of sp³-hybridized carbons (Fsp3) is 0.333. The van der Waals surface area contributed by atoms with Gasteiger partial charge in [0.2, 0.25) is 5.91 Å². The van der Waals surface area contributed by atoms with Crippen molar-refractivity contribution in [2.45, 2.75) is 18.7 Å². The van der Waals surface area contributed by atoms with Gasteiger partial charge in [0.15, 0.2) is 16.5 Å². The van der Waals surface area contributed by atoms with Crippen LogP contribution in [0.15, 0.2) is 9.42 Å². The number of nitrogens with zero attached hydrogens (tertiary/aromatic N) is 1. The van der Waals surface area contributed by atoms with Crippen LogP contribution in [0, 0.1) is 6.92 Å². The molecular formula is C6H9N3O4S. The van der Waals surface area contributed by atoms with Gasteiger partial charge in [-0.2, -0.15) is 0 Å². The fourth-order valence-electron chi connectivity index (χ4n) is 0.948. The molecule has 0 aliphatic heterocycles. The van der Waals surface area contributed by atoms with Crippen LogP contribution in [-0.2, 0) is 14.8 Å². The lowest BCUT2D eigenvalue weighted by Crippen LogP contribution is -2.28. The SMILES string of the molecule is CC(=O)NS(=O)(=O)c1c(N)noc1C. The zero-order valence-electron chi connectivity index (χ0n) is 7.57. The van der Waals surface area contributed by atoms with Crippen LogP contribution in [0.4, 0.5) is 5.82 Å². The molecule has 0 aliphatic rings. The Kier molecular flexibility index (Phi) is 2.47. The second kappa shape index (κ2) is 3.29. The third-order valence-electron chi connectivity index (χ3n) is 1.38. The number of aromatic nitrogens is 1. The van der Waals surface area contributed by atoms with E-state index in [2.05, 4.69) is 9.68 Å². The van der Waals surface area contributed by atoms with Crippen LogP contribution in [0.1, 0.15) is 12.7 Å². The van der Waals surface area contributed by atoms with Crippen molar-refractivity contribution < 1.29 is 17.7 Å². The Bertz CT molecular complexity index is 442. The quantitative estimate of drug-likeness (QED) is 0.685. The Morgan fingerprint density at radius 1 is 1.57 bits per heavy atom. The number of nitrogens with two attached hydrogens (primary N) is 1. The Labute approximate surface area is 80.3 Å². The molecule has 1 aromatic heterocycles. The first-order chi connectivity index (χ1) is 6.34. The Hall–Kier alpha value is -1.57. The molecule has 0 spiro atoms. The van der Waals surface area contributed by atoms with E-state index in [1.807, 2.05) is 0 Å². The number of amides is 1. The molecule has 8 heteroatoms. The van der Waals surface area contributed by atoms with Crippen molar-refractivity contribution in [2.24, 2.45) is 0 Å². The molecule has 0 bridgehead atoms. The van der Waals surface area contributed by atoms with Gasteiger partial charge in [0.1, 0.15) is 0 Å². The number of nitrogens with one attached hydrogen (secondary N) is 1. The highest BCUT2D eigenvalue weighted by Gasteiger charge is 2.25. The largest absolute Gasteiger partial charge is 0.380 e. The first kappa shape index (κ1) is 10.5. The molecule has 1 rings (SSSR count). The number of carbonyl (C=O) groups is 1. The van der Waals surface area contributed by atoms with Crippen LogP contribution in [-0.4, -0.2) is 19.5 Å². The minimum atomic E-state index is -3.96. The monoisotopic (exact) mass is 219 g/mol. The van der Waals surface area contributed by atoms with Gasteiger partial charge in [-0.05, 0) is 6.92 Å². The molecule has 0 saturated carbocycles. The van der Waals surface area contributed by atoms with Crippen LogP contribution in [0.25, 0.3) is 0 Å². The van der Waals surface area contributed by atoms with Crippen molar-refractivity contribution in [3.8, 4) is 0 Å². The summed E-state index contributed by atoms with van der Waals surface area (Å²) >= 11 is 0. The molecule has 3 N–H and O–H groups in total.